The minimum absolute atomic E-state index is 0.0712. The lowest BCUT2D eigenvalue weighted by atomic mass is 9.83. The van der Waals surface area contributed by atoms with E-state index in [9.17, 15) is 14.3 Å². The van der Waals surface area contributed by atoms with E-state index in [4.69, 9.17) is 9.47 Å². The molecule has 0 spiro atoms. The molecule has 31 heavy (non-hydrogen) atoms. The highest BCUT2D eigenvalue weighted by Gasteiger charge is 2.39. The van der Waals surface area contributed by atoms with Gasteiger partial charge in [-0.2, -0.15) is 0 Å². The third-order valence-corrected chi connectivity index (χ3v) is 6.19. The standard InChI is InChI=1S/C26H39FO4/c1-3-17-30-26(29)14-10-5-4-9-13-24-23(20(2)18-25(24)28)16-15-21(27)19-31-22-11-7-6-8-12-22/h4-8,11-12,20-21,23-25,28H,3,9-10,13-19H2,1-2H3/b5-4-/t20-,21-,23+,24-,25+/m1/s1. The van der Waals surface area contributed by atoms with Crippen LogP contribution in [0.15, 0.2) is 42.5 Å². The predicted molar refractivity (Wildman–Crippen MR) is 122 cm³/mol. The van der Waals surface area contributed by atoms with Crippen molar-refractivity contribution in [3.63, 3.8) is 0 Å². The van der Waals surface area contributed by atoms with E-state index in [0.717, 1.165) is 32.1 Å². The summed E-state index contributed by atoms with van der Waals surface area (Å²) in [6.45, 7) is 4.70. The predicted octanol–water partition coefficient (Wildman–Crippen LogP) is 5.89. The highest BCUT2D eigenvalue weighted by atomic mass is 19.1. The first-order valence-electron chi connectivity index (χ1n) is 11.8. The van der Waals surface area contributed by atoms with Gasteiger partial charge in [-0.25, -0.2) is 4.39 Å². The molecule has 4 nitrogen and oxygen atoms in total. The number of hydrogen-bond acceptors (Lipinski definition) is 4. The molecule has 5 atom stereocenters. The molecule has 1 fully saturated rings. The van der Waals surface area contributed by atoms with Crippen LogP contribution in [0.3, 0.4) is 0 Å². The first-order valence-corrected chi connectivity index (χ1v) is 11.8. The monoisotopic (exact) mass is 434 g/mol. The maximum absolute atomic E-state index is 14.4. The largest absolute Gasteiger partial charge is 0.491 e. The van der Waals surface area contributed by atoms with Crippen molar-refractivity contribution in [2.75, 3.05) is 13.2 Å². The molecule has 0 radical (unpaired) electrons. The zero-order chi connectivity index (χ0) is 22.5. The molecule has 0 amide bonds. The first kappa shape index (κ1) is 25.4. The van der Waals surface area contributed by atoms with Crippen LogP contribution in [0.1, 0.15) is 65.2 Å². The maximum Gasteiger partial charge on any atom is 0.306 e. The van der Waals surface area contributed by atoms with E-state index in [-0.39, 0.29) is 24.6 Å². The van der Waals surface area contributed by atoms with Gasteiger partial charge >= 0.3 is 5.97 Å². The van der Waals surface area contributed by atoms with Gasteiger partial charge in [0.15, 0.2) is 0 Å². The molecule has 0 heterocycles. The van der Waals surface area contributed by atoms with Crippen LogP contribution >= 0.6 is 0 Å². The summed E-state index contributed by atoms with van der Waals surface area (Å²) in [6, 6.07) is 9.33. The second kappa shape index (κ2) is 14.2. The molecule has 0 aliphatic heterocycles. The van der Waals surface area contributed by atoms with Crippen LogP contribution < -0.4 is 4.74 Å². The van der Waals surface area contributed by atoms with E-state index in [2.05, 4.69) is 13.0 Å². The number of aliphatic hydroxyl groups is 1. The maximum atomic E-state index is 14.4. The third kappa shape index (κ3) is 9.42. The van der Waals surface area contributed by atoms with Crippen molar-refractivity contribution in [2.24, 2.45) is 17.8 Å². The molecule has 0 unspecified atom stereocenters. The average Bonchev–Trinajstić information content (AvgIpc) is 3.04. The van der Waals surface area contributed by atoms with E-state index in [1.54, 1.807) is 0 Å². The zero-order valence-corrected chi connectivity index (χ0v) is 19.0. The Morgan fingerprint density at radius 2 is 1.94 bits per heavy atom. The van der Waals surface area contributed by atoms with Crippen molar-refractivity contribution in [3.8, 4) is 5.75 Å². The van der Waals surface area contributed by atoms with Gasteiger partial charge in [0, 0.05) is 6.42 Å². The van der Waals surface area contributed by atoms with E-state index < -0.39 is 6.17 Å². The van der Waals surface area contributed by atoms with Crippen molar-refractivity contribution in [3.05, 3.63) is 42.5 Å². The molecule has 0 saturated heterocycles. The molecular formula is C26H39FO4. The molecule has 0 aromatic heterocycles. The summed E-state index contributed by atoms with van der Waals surface area (Å²) in [7, 11) is 0. The van der Waals surface area contributed by atoms with Gasteiger partial charge < -0.3 is 14.6 Å². The molecule has 1 N–H and O–H groups in total. The third-order valence-electron chi connectivity index (χ3n) is 6.19. The van der Waals surface area contributed by atoms with Crippen LogP contribution in [0.2, 0.25) is 0 Å². The summed E-state index contributed by atoms with van der Waals surface area (Å²) < 4.78 is 25.0. The number of aliphatic hydroxyl groups excluding tert-OH is 1. The molecule has 2 rings (SSSR count). The summed E-state index contributed by atoms with van der Waals surface area (Å²) in [6.07, 6.45) is 8.51. The first-order chi connectivity index (χ1) is 15.0. The number of esters is 1. The van der Waals surface area contributed by atoms with Gasteiger partial charge in [-0.05, 0) is 74.8 Å². The fraction of sp³-hybridized carbons (Fsp3) is 0.654. The van der Waals surface area contributed by atoms with E-state index in [1.165, 1.54) is 0 Å². The number of para-hydroxylation sites is 1. The van der Waals surface area contributed by atoms with Gasteiger partial charge in [0.25, 0.3) is 0 Å². The fourth-order valence-electron chi connectivity index (χ4n) is 4.52. The molecule has 1 aliphatic rings. The molecule has 174 valence electrons. The smallest absolute Gasteiger partial charge is 0.306 e. The van der Waals surface area contributed by atoms with Crippen LogP contribution in [0.25, 0.3) is 0 Å². The molecule has 1 aromatic rings. The van der Waals surface area contributed by atoms with E-state index in [1.807, 2.05) is 43.3 Å². The number of halogens is 1. The number of hydrogen-bond donors (Lipinski definition) is 1. The quantitative estimate of drug-likeness (QED) is 0.293. The van der Waals surface area contributed by atoms with Crippen LogP contribution in [0.5, 0.6) is 5.75 Å². The highest BCUT2D eigenvalue weighted by Crippen LogP contribution is 2.42. The molecule has 0 bridgehead atoms. The van der Waals surface area contributed by atoms with Crippen molar-refractivity contribution in [1.82, 2.24) is 0 Å². The van der Waals surface area contributed by atoms with Gasteiger partial charge in [-0.1, -0.05) is 44.2 Å². The molecule has 1 aromatic carbocycles. The lowest BCUT2D eigenvalue weighted by molar-refractivity contribution is -0.143. The average molecular weight is 435 g/mol. The number of allylic oxidation sites excluding steroid dienone is 2. The lowest BCUT2D eigenvalue weighted by Gasteiger charge is -2.24. The Morgan fingerprint density at radius 1 is 1.19 bits per heavy atom. The summed E-state index contributed by atoms with van der Waals surface area (Å²) in [5.74, 6) is 1.49. The van der Waals surface area contributed by atoms with E-state index in [0.29, 0.717) is 43.5 Å². The van der Waals surface area contributed by atoms with Gasteiger partial charge in [-0.15, -0.1) is 0 Å². The van der Waals surface area contributed by atoms with Crippen LogP contribution in [0, 0.1) is 17.8 Å². The van der Waals surface area contributed by atoms with Gasteiger partial charge in [0.1, 0.15) is 18.5 Å². The number of alkyl halides is 1. The van der Waals surface area contributed by atoms with Crippen LogP contribution in [-0.4, -0.2) is 36.6 Å². The fourth-order valence-corrected chi connectivity index (χ4v) is 4.52. The Balaban J connectivity index is 1.69. The molecule has 5 heteroatoms. The number of ether oxygens (including phenoxy) is 2. The zero-order valence-electron chi connectivity index (χ0n) is 19.0. The van der Waals surface area contributed by atoms with Gasteiger partial charge in [0.05, 0.1) is 12.7 Å². The Kier molecular flexibility index (Phi) is 11.7. The molecule has 1 aliphatic carbocycles. The summed E-state index contributed by atoms with van der Waals surface area (Å²) in [4.78, 5) is 11.5. The Hall–Kier alpha value is -1.88. The normalized spacial score (nSPS) is 24.4. The Labute approximate surface area is 186 Å². The summed E-state index contributed by atoms with van der Waals surface area (Å²) in [5, 5.41) is 10.5. The minimum atomic E-state index is -1.00. The summed E-state index contributed by atoms with van der Waals surface area (Å²) >= 11 is 0. The Bertz CT molecular complexity index is 648. The number of carbonyl (C=O) groups is 1. The lowest BCUT2D eigenvalue weighted by Crippen LogP contribution is -2.22. The van der Waals surface area contributed by atoms with Crippen molar-refractivity contribution in [1.29, 1.82) is 0 Å². The van der Waals surface area contributed by atoms with E-state index >= 15 is 0 Å². The summed E-state index contributed by atoms with van der Waals surface area (Å²) in [5.41, 5.74) is 0. The Morgan fingerprint density at radius 3 is 2.68 bits per heavy atom. The van der Waals surface area contributed by atoms with Crippen molar-refractivity contribution in [2.45, 2.75) is 77.5 Å². The minimum Gasteiger partial charge on any atom is -0.491 e. The van der Waals surface area contributed by atoms with Crippen molar-refractivity contribution >= 4 is 5.97 Å². The van der Waals surface area contributed by atoms with Crippen LogP contribution in [-0.2, 0) is 9.53 Å². The highest BCUT2D eigenvalue weighted by molar-refractivity contribution is 5.69. The second-order valence-electron chi connectivity index (χ2n) is 8.71. The van der Waals surface area contributed by atoms with Gasteiger partial charge in [-0.3, -0.25) is 4.79 Å². The second-order valence-corrected chi connectivity index (χ2v) is 8.71. The molecular weight excluding hydrogens is 395 g/mol. The number of carbonyl (C=O) groups excluding carboxylic acids is 1. The number of rotatable bonds is 14. The SMILES string of the molecule is CCCOC(=O)CC/C=C\CC[C@@H]1[C@@H](CC[C@@H](F)COc2ccccc2)[C@H](C)C[C@@H]1O. The van der Waals surface area contributed by atoms with Gasteiger partial charge in [0.2, 0.25) is 0 Å². The molecule has 1 saturated carbocycles. The topological polar surface area (TPSA) is 55.8 Å². The van der Waals surface area contributed by atoms with Crippen LogP contribution in [0.4, 0.5) is 4.39 Å². The van der Waals surface area contributed by atoms with Crippen molar-refractivity contribution < 1.29 is 23.8 Å². The number of benzene rings is 1.